The van der Waals surface area contributed by atoms with Gasteiger partial charge in [0.15, 0.2) is 12.4 Å². The van der Waals surface area contributed by atoms with Gasteiger partial charge in [0, 0.05) is 25.0 Å². The number of carbonyl (C=O) groups is 1. The number of anilines is 2. The number of hydrogen-bond acceptors (Lipinski definition) is 4. The van der Waals surface area contributed by atoms with Crippen molar-refractivity contribution >= 4 is 17.3 Å². The van der Waals surface area contributed by atoms with E-state index in [-0.39, 0.29) is 12.5 Å². The molecule has 23 heavy (non-hydrogen) atoms. The summed E-state index contributed by atoms with van der Waals surface area (Å²) in [4.78, 5) is 14.4. The number of aromatic nitrogens is 2. The number of nitrogen functional groups attached to an aromatic ring is 1. The maximum Gasteiger partial charge on any atom is 0.264 e. The molecule has 2 aromatic rings. The fourth-order valence-corrected chi connectivity index (χ4v) is 3.09. The maximum atomic E-state index is 12.6. The van der Waals surface area contributed by atoms with Gasteiger partial charge in [0.05, 0.1) is 5.69 Å². The Hall–Kier alpha value is -2.50. The third-order valence-corrected chi connectivity index (χ3v) is 4.37. The zero-order valence-electron chi connectivity index (χ0n) is 13.8. The number of ether oxygens (including phenoxy) is 1. The second-order valence-corrected chi connectivity index (χ2v) is 5.91. The molecule has 1 aliphatic rings. The molecule has 0 spiro atoms. The lowest BCUT2D eigenvalue weighted by molar-refractivity contribution is -0.120. The number of carbonyl (C=O) groups excluding carboxylic acids is 1. The largest absolute Gasteiger partial charge is 0.480 e. The number of hydrogen-bond donors (Lipinski definition) is 1. The van der Waals surface area contributed by atoms with Gasteiger partial charge in [-0.1, -0.05) is 6.07 Å². The van der Waals surface area contributed by atoms with Crippen LogP contribution in [0, 0.1) is 13.8 Å². The molecule has 0 saturated carbocycles. The smallest absolute Gasteiger partial charge is 0.264 e. The summed E-state index contributed by atoms with van der Waals surface area (Å²) in [6.07, 6.45) is 1.82. The van der Waals surface area contributed by atoms with Crippen LogP contribution in [0.3, 0.4) is 0 Å². The quantitative estimate of drug-likeness (QED) is 0.879. The highest BCUT2D eigenvalue weighted by atomic mass is 16.5. The van der Waals surface area contributed by atoms with E-state index >= 15 is 0 Å². The van der Waals surface area contributed by atoms with Gasteiger partial charge in [-0.15, -0.1) is 0 Å². The molecule has 122 valence electrons. The monoisotopic (exact) mass is 314 g/mol. The molecule has 0 unspecified atom stereocenters. The van der Waals surface area contributed by atoms with Gasteiger partial charge >= 0.3 is 0 Å². The SMILES string of the molecule is Cc1nn(C)c(C)c1OCC(=O)N1CCCc2c(N)cccc21. The van der Waals surface area contributed by atoms with Gasteiger partial charge in [-0.25, -0.2) is 0 Å². The van der Waals surface area contributed by atoms with Gasteiger partial charge in [0.2, 0.25) is 0 Å². The van der Waals surface area contributed by atoms with Crippen molar-refractivity contribution in [3.8, 4) is 5.75 Å². The van der Waals surface area contributed by atoms with E-state index in [1.807, 2.05) is 39.1 Å². The average molecular weight is 314 g/mol. The van der Waals surface area contributed by atoms with Crippen LogP contribution in [0.2, 0.25) is 0 Å². The summed E-state index contributed by atoms with van der Waals surface area (Å²) in [5, 5.41) is 4.30. The topological polar surface area (TPSA) is 73.4 Å². The van der Waals surface area contributed by atoms with E-state index < -0.39 is 0 Å². The van der Waals surface area contributed by atoms with E-state index in [9.17, 15) is 4.79 Å². The maximum absolute atomic E-state index is 12.6. The van der Waals surface area contributed by atoms with Crippen LogP contribution in [-0.4, -0.2) is 28.8 Å². The summed E-state index contributed by atoms with van der Waals surface area (Å²) in [6.45, 7) is 4.51. The van der Waals surface area contributed by atoms with Crippen molar-refractivity contribution < 1.29 is 9.53 Å². The lowest BCUT2D eigenvalue weighted by atomic mass is 10.00. The molecule has 1 amide bonds. The van der Waals surface area contributed by atoms with E-state index in [1.165, 1.54) is 0 Å². The molecule has 6 heteroatoms. The molecule has 0 atom stereocenters. The first-order valence-electron chi connectivity index (χ1n) is 7.79. The second kappa shape index (κ2) is 5.95. The Bertz CT molecular complexity index is 751. The molecule has 6 nitrogen and oxygen atoms in total. The summed E-state index contributed by atoms with van der Waals surface area (Å²) in [5.41, 5.74) is 10.5. The minimum atomic E-state index is -0.0563. The Kier molecular flexibility index (Phi) is 3.98. The number of nitrogens with zero attached hydrogens (tertiary/aromatic N) is 3. The molecule has 1 aliphatic heterocycles. The highest BCUT2D eigenvalue weighted by Gasteiger charge is 2.24. The van der Waals surface area contributed by atoms with Crippen molar-refractivity contribution in [3.63, 3.8) is 0 Å². The molecule has 0 bridgehead atoms. The first-order chi connectivity index (χ1) is 11.0. The molecule has 0 fully saturated rings. The molecule has 3 rings (SSSR count). The number of nitrogens with two attached hydrogens (primary N) is 1. The Morgan fingerprint density at radius 3 is 2.87 bits per heavy atom. The molecule has 0 radical (unpaired) electrons. The normalized spacial score (nSPS) is 13.8. The number of aryl methyl sites for hydroxylation is 2. The molecule has 1 aromatic heterocycles. The van der Waals surface area contributed by atoms with Crippen molar-refractivity contribution in [1.82, 2.24) is 9.78 Å². The number of fused-ring (bicyclic) bond motifs is 1. The zero-order chi connectivity index (χ0) is 16.6. The van der Waals surface area contributed by atoms with Gasteiger partial charge in [0.25, 0.3) is 5.91 Å². The van der Waals surface area contributed by atoms with Crippen LogP contribution in [0.5, 0.6) is 5.75 Å². The van der Waals surface area contributed by atoms with Crippen molar-refractivity contribution in [2.45, 2.75) is 26.7 Å². The van der Waals surface area contributed by atoms with Crippen molar-refractivity contribution in [1.29, 1.82) is 0 Å². The van der Waals surface area contributed by atoms with Crippen LogP contribution in [0.15, 0.2) is 18.2 Å². The number of amides is 1. The Morgan fingerprint density at radius 1 is 1.39 bits per heavy atom. The predicted molar refractivity (Wildman–Crippen MR) is 89.7 cm³/mol. The minimum absolute atomic E-state index is 0.00160. The summed E-state index contributed by atoms with van der Waals surface area (Å²) in [7, 11) is 1.86. The van der Waals surface area contributed by atoms with Gasteiger partial charge in [-0.3, -0.25) is 9.48 Å². The number of rotatable bonds is 3. The Labute approximate surface area is 135 Å². The third kappa shape index (κ3) is 2.76. The van der Waals surface area contributed by atoms with Gasteiger partial charge in [0.1, 0.15) is 5.69 Å². The van der Waals surface area contributed by atoms with Crippen LogP contribution in [-0.2, 0) is 18.3 Å². The van der Waals surface area contributed by atoms with E-state index in [0.29, 0.717) is 12.3 Å². The lowest BCUT2D eigenvalue weighted by Crippen LogP contribution is -2.38. The molecule has 1 aromatic carbocycles. The van der Waals surface area contributed by atoms with Crippen LogP contribution in [0.4, 0.5) is 11.4 Å². The molecule has 0 aliphatic carbocycles. The number of benzene rings is 1. The fourth-order valence-electron chi connectivity index (χ4n) is 3.09. The standard InChI is InChI=1S/C17H22N4O2/c1-11-17(12(2)20(3)19-11)23-10-16(22)21-9-5-6-13-14(18)7-4-8-15(13)21/h4,7-8H,5-6,9-10,18H2,1-3H3. The third-order valence-electron chi connectivity index (χ3n) is 4.37. The van der Waals surface area contributed by atoms with E-state index in [1.54, 1.807) is 9.58 Å². The molecular weight excluding hydrogens is 292 g/mol. The minimum Gasteiger partial charge on any atom is -0.480 e. The highest BCUT2D eigenvalue weighted by molar-refractivity contribution is 5.96. The van der Waals surface area contributed by atoms with Crippen LogP contribution >= 0.6 is 0 Å². The average Bonchev–Trinajstić information content (AvgIpc) is 2.78. The first kappa shape index (κ1) is 15.4. The fraction of sp³-hybridized carbons (Fsp3) is 0.412. The van der Waals surface area contributed by atoms with Gasteiger partial charge in [-0.2, -0.15) is 5.10 Å². The van der Waals surface area contributed by atoms with E-state index in [4.69, 9.17) is 10.5 Å². The van der Waals surface area contributed by atoms with E-state index in [0.717, 1.165) is 41.2 Å². The van der Waals surface area contributed by atoms with Gasteiger partial charge in [-0.05, 0) is 44.4 Å². The second-order valence-electron chi connectivity index (χ2n) is 5.91. The summed E-state index contributed by atoms with van der Waals surface area (Å²) >= 11 is 0. The van der Waals surface area contributed by atoms with Crippen LogP contribution < -0.4 is 15.4 Å². The van der Waals surface area contributed by atoms with Crippen LogP contribution in [0.1, 0.15) is 23.4 Å². The lowest BCUT2D eigenvalue weighted by Gasteiger charge is -2.30. The van der Waals surface area contributed by atoms with Crippen molar-refractivity contribution in [2.75, 3.05) is 23.8 Å². The van der Waals surface area contributed by atoms with Gasteiger partial charge < -0.3 is 15.4 Å². The first-order valence-corrected chi connectivity index (χ1v) is 7.79. The summed E-state index contributed by atoms with van der Waals surface area (Å²) in [6, 6.07) is 5.71. The van der Waals surface area contributed by atoms with Crippen molar-refractivity contribution in [3.05, 3.63) is 35.2 Å². The Balaban J connectivity index is 1.76. The molecule has 2 heterocycles. The zero-order valence-corrected chi connectivity index (χ0v) is 13.8. The predicted octanol–water partition coefficient (Wildman–Crippen LogP) is 1.98. The Morgan fingerprint density at radius 2 is 2.17 bits per heavy atom. The van der Waals surface area contributed by atoms with E-state index in [2.05, 4.69) is 5.10 Å². The summed E-state index contributed by atoms with van der Waals surface area (Å²) in [5.74, 6) is 0.630. The molecule has 0 saturated heterocycles. The van der Waals surface area contributed by atoms with Crippen LogP contribution in [0.25, 0.3) is 0 Å². The molecular formula is C17H22N4O2. The molecule has 2 N–H and O–H groups in total. The highest BCUT2D eigenvalue weighted by Crippen LogP contribution is 2.31. The van der Waals surface area contributed by atoms with Crippen molar-refractivity contribution in [2.24, 2.45) is 7.05 Å². The summed E-state index contributed by atoms with van der Waals surface area (Å²) < 4.78 is 7.50.